The molecule has 1 atom stereocenters. The van der Waals surface area contributed by atoms with E-state index in [-0.39, 0.29) is 25.0 Å². The van der Waals surface area contributed by atoms with Crippen LogP contribution in [0.1, 0.15) is 30.2 Å². The molecule has 0 saturated heterocycles. The normalized spacial score (nSPS) is 13.0. The molecule has 0 radical (unpaired) electrons. The van der Waals surface area contributed by atoms with E-state index in [1.807, 2.05) is 0 Å². The second-order valence-corrected chi connectivity index (χ2v) is 6.95. The summed E-state index contributed by atoms with van der Waals surface area (Å²) < 4.78 is 25.9. The maximum Gasteiger partial charge on any atom is 0.305 e. The standard InChI is InChI=1S/C11H15NO6S2/c13-10(14)4-2-6-20(17,18)12-8(7-11(15)16)9-3-1-5-19-9/h1,3,5,8,12H,2,4,6-7H2,(H,13,14)(H,15,16). The highest BCUT2D eigenvalue weighted by Gasteiger charge is 2.22. The molecule has 7 nitrogen and oxygen atoms in total. The Labute approximate surface area is 120 Å². The molecule has 0 aliphatic carbocycles. The van der Waals surface area contributed by atoms with Crippen molar-refractivity contribution in [2.24, 2.45) is 0 Å². The van der Waals surface area contributed by atoms with Gasteiger partial charge in [-0.1, -0.05) is 6.07 Å². The Balaban J connectivity index is 2.68. The third-order valence-electron chi connectivity index (χ3n) is 2.39. The van der Waals surface area contributed by atoms with E-state index in [0.29, 0.717) is 4.88 Å². The summed E-state index contributed by atoms with van der Waals surface area (Å²) in [6.07, 6.45) is -0.628. The van der Waals surface area contributed by atoms with Gasteiger partial charge in [0.25, 0.3) is 0 Å². The van der Waals surface area contributed by atoms with E-state index >= 15 is 0 Å². The molecule has 0 aliphatic heterocycles. The smallest absolute Gasteiger partial charge is 0.305 e. The van der Waals surface area contributed by atoms with Gasteiger partial charge in [0.2, 0.25) is 10.0 Å². The molecule has 0 fully saturated rings. The van der Waals surface area contributed by atoms with Gasteiger partial charge < -0.3 is 10.2 Å². The van der Waals surface area contributed by atoms with Crippen molar-refractivity contribution in [1.29, 1.82) is 0 Å². The van der Waals surface area contributed by atoms with E-state index in [0.717, 1.165) is 0 Å². The topological polar surface area (TPSA) is 121 Å². The Hall–Kier alpha value is -1.45. The first-order valence-electron chi connectivity index (χ1n) is 5.77. The van der Waals surface area contributed by atoms with Crippen molar-refractivity contribution in [1.82, 2.24) is 4.72 Å². The molecule has 1 rings (SSSR count). The zero-order chi connectivity index (χ0) is 15.2. The van der Waals surface area contributed by atoms with Gasteiger partial charge in [0, 0.05) is 11.3 Å². The van der Waals surface area contributed by atoms with Crippen molar-refractivity contribution >= 4 is 33.3 Å². The van der Waals surface area contributed by atoms with Gasteiger partial charge in [-0.05, 0) is 17.9 Å². The predicted molar refractivity (Wildman–Crippen MR) is 73.1 cm³/mol. The van der Waals surface area contributed by atoms with Crippen LogP contribution in [-0.4, -0.2) is 36.3 Å². The fourth-order valence-electron chi connectivity index (χ4n) is 1.55. The zero-order valence-corrected chi connectivity index (χ0v) is 12.1. The maximum atomic E-state index is 11.8. The van der Waals surface area contributed by atoms with Crippen LogP contribution in [0, 0.1) is 0 Å². The second kappa shape index (κ2) is 7.36. The van der Waals surface area contributed by atoms with Crippen molar-refractivity contribution in [2.75, 3.05) is 5.75 Å². The SMILES string of the molecule is O=C(O)CCCS(=O)(=O)NC(CC(=O)O)c1cccs1. The van der Waals surface area contributed by atoms with Crippen LogP contribution in [0.5, 0.6) is 0 Å². The van der Waals surface area contributed by atoms with Crippen LogP contribution in [0.3, 0.4) is 0 Å². The predicted octanol–water partition coefficient (Wildman–Crippen LogP) is 1.05. The summed E-state index contributed by atoms with van der Waals surface area (Å²) in [7, 11) is -3.72. The molecule has 0 aromatic carbocycles. The van der Waals surface area contributed by atoms with Gasteiger partial charge in [0.15, 0.2) is 0 Å². The first-order valence-corrected chi connectivity index (χ1v) is 8.30. The molecule has 0 bridgehead atoms. The number of hydrogen-bond acceptors (Lipinski definition) is 5. The fourth-order valence-corrected chi connectivity index (χ4v) is 3.69. The third-order valence-corrected chi connectivity index (χ3v) is 4.85. The molecular weight excluding hydrogens is 306 g/mol. The lowest BCUT2D eigenvalue weighted by atomic mass is 10.2. The lowest BCUT2D eigenvalue weighted by molar-refractivity contribution is -0.138. The highest BCUT2D eigenvalue weighted by Crippen LogP contribution is 2.23. The molecule has 0 aliphatic rings. The molecule has 9 heteroatoms. The Kier molecular flexibility index (Phi) is 6.11. The van der Waals surface area contributed by atoms with Crippen LogP contribution in [0.25, 0.3) is 0 Å². The summed E-state index contributed by atoms with van der Waals surface area (Å²) in [5.41, 5.74) is 0. The van der Waals surface area contributed by atoms with Crippen LogP contribution < -0.4 is 4.72 Å². The number of hydrogen-bond donors (Lipinski definition) is 3. The maximum absolute atomic E-state index is 11.8. The van der Waals surface area contributed by atoms with Gasteiger partial charge in [-0.25, -0.2) is 13.1 Å². The molecular formula is C11H15NO6S2. The molecule has 20 heavy (non-hydrogen) atoms. The van der Waals surface area contributed by atoms with Gasteiger partial charge in [0.05, 0.1) is 18.2 Å². The van der Waals surface area contributed by atoms with E-state index < -0.39 is 28.0 Å². The molecule has 0 spiro atoms. The Morgan fingerprint density at radius 1 is 1.30 bits per heavy atom. The second-order valence-electron chi connectivity index (χ2n) is 4.10. The van der Waals surface area contributed by atoms with Crippen LogP contribution >= 0.6 is 11.3 Å². The summed E-state index contributed by atoms with van der Waals surface area (Å²) in [5, 5.41) is 19.0. The molecule has 1 heterocycles. The molecule has 1 aromatic heterocycles. The minimum Gasteiger partial charge on any atom is -0.481 e. The highest BCUT2D eigenvalue weighted by molar-refractivity contribution is 7.89. The fraction of sp³-hybridized carbons (Fsp3) is 0.455. The molecule has 1 unspecified atom stereocenters. The Morgan fingerprint density at radius 3 is 2.50 bits per heavy atom. The molecule has 0 amide bonds. The van der Waals surface area contributed by atoms with Crippen LogP contribution in [0.2, 0.25) is 0 Å². The number of carbonyl (C=O) groups is 2. The van der Waals surface area contributed by atoms with Crippen LogP contribution in [0.15, 0.2) is 17.5 Å². The molecule has 0 saturated carbocycles. The number of nitrogens with one attached hydrogen (secondary N) is 1. The summed E-state index contributed by atoms with van der Waals surface area (Å²) in [4.78, 5) is 21.7. The minimum atomic E-state index is -3.72. The van der Waals surface area contributed by atoms with Crippen molar-refractivity contribution in [3.8, 4) is 0 Å². The summed E-state index contributed by atoms with van der Waals surface area (Å²) in [6, 6.07) is 2.52. The minimum absolute atomic E-state index is 0.0189. The van der Waals surface area contributed by atoms with Crippen molar-refractivity contribution in [2.45, 2.75) is 25.3 Å². The number of thiophene rings is 1. The lowest BCUT2D eigenvalue weighted by Crippen LogP contribution is -2.31. The van der Waals surface area contributed by atoms with Crippen molar-refractivity contribution < 1.29 is 28.2 Å². The Bertz CT molecular complexity index is 551. The zero-order valence-electron chi connectivity index (χ0n) is 10.5. The van der Waals surface area contributed by atoms with E-state index in [1.54, 1.807) is 17.5 Å². The lowest BCUT2D eigenvalue weighted by Gasteiger charge is -2.15. The first-order chi connectivity index (χ1) is 9.30. The van der Waals surface area contributed by atoms with Gasteiger partial charge in [0.1, 0.15) is 0 Å². The molecule has 3 N–H and O–H groups in total. The average molecular weight is 321 g/mol. The van der Waals surface area contributed by atoms with Gasteiger partial charge in [-0.15, -0.1) is 11.3 Å². The van der Waals surface area contributed by atoms with Crippen LogP contribution in [-0.2, 0) is 19.6 Å². The number of carboxylic acids is 2. The summed E-state index contributed by atoms with van der Waals surface area (Å²) in [5.74, 6) is -2.53. The molecule has 112 valence electrons. The number of sulfonamides is 1. The highest BCUT2D eigenvalue weighted by atomic mass is 32.2. The van der Waals surface area contributed by atoms with E-state index in [1.165, 1.54) is 11.3 Å². The number of aliphatic carboxylic acids is 2. The largest absolute Gasteiger partial charge is 0.481 e. The number of carboxylic acid groups (broad SMARTS) is 2. The van der Waals surface area contributed by atoms with E-state index in [9.17, 15) is 18.0 Å². The molecule has 1 aromatic rings. The monoisotopic (exact) mass is 321 g/mol. The van der Waals surface area contributed by atoms with E-state index in [4.69, 9.17) is 10.2 Å². The van der Waals surface area contributed by atoms with Gasteiger partial charge in [-0.3, -0.25) is 9.59 Å². The Morgan fingerprint density at radius 2 is 2.00 bits per heavy atom. The summed E-state index contributed by atoms with van der Waals surface area (Å²) in [6.45, 7) is 0. The van der Waals surface area contributed by atoms with E-state index in [2.05, 4.69) is 4.72 Å². The first kappa shape index (κ1) is 16.6. The van der Waals surface area contributed by atoms with Gasteiger partial charge >= 0.3 is 11.9 Å². The number of rotatable bonds is 9. The van der Waals surface area contributed by atoms with Crippen LogP contribution in [0.4, 0.5) is 0 Å². The van der Waals surface area contributed by atoms with Crippen molar-refractivity contribution in [3.63, 3.8) is 0 Å². The van der Waals surface area contributed by atoms with Gasteiger partial charge in [-0.2, -0.15) is 0 Å². The van der Waals surface area contributed by atoms with Crippen molar-refractivity contribution in [3.05, 3.63) is 22.4 Å². The summed E-state index contributed by atoms with van der Waals surface area (Å²) >= 11 is 1.26. The average Bonchev–Trinajstić information content (AvgIpc) is 2.79. The third kappa shape index (κ3) is 6.13. The quantitative estimate of drug-likeness (QED) is 0.625.